The summed E-state index contributed by atoms with van der Waals surface area (Å²) >= 11 is 0. The molecule has 31 heavy (non-hydrogen) atoms. The van der Waals surface area contributed by atoms with Crippen molar-refractivity contribution in [3.63, 3.8) is 0 Å². The standard InChI is InChI=1S/C23H25N5O3/c1-4-22(29)26-17-6-8-27(14-17)23-20-12-24-13-21(20)25-15-28(23)7-5-16-9-18(30-2)11-19(10-16)31-3/h4,9-13,17,25H,1,6,8,14-15H2,2-3H3,(H,26,29). The fraction of sp³-hybridized carbons (Fsp3) is 0.304. The van der Waals surface area contributed by atoms with Crippen LogP contribution in [0.4, 0.5) is 0 Å². The Morgan fingerprint density at radius 2 is 2.10 bits per heavy atom. The first-order valence-corrected chi connectivity index (χ1v) is 10.0. The molecule has 0 radical (unpaired) electrons. The van der Waals surface area contributed by atoms with E-state index in [1.807, 2.05) is 35.5 Å². The summed E-state index contributed by atoms with van der Waals surface area (Å²) in [5.74, 6) is 5.43. The van der Waals surface area contributed by atoms with E-state index in [-0.39, 0.29) is 11.9 Å². The number of carbonyl (C=O) groups is 1. The fourth-order valence-corrected chi connectivity index (χ4v) is 3.80. The molecule has 8 nitrogen and oxygen atoms in total. The molecule has 1 unspecified atom stereocenters. The third kappa shape index (κ3) is 4.36. The van der Waals surface area contributed by atoms with Crippen molar-refractivity contribution in [2.24, 2.45) is 4.99 Å². The highest BCUT2D eigenvalue weighted by molar-refractivity contribution is 5.89. The average molecular weight is 419 g/mol. The quantitative estimate of drug-likeness (QED) is 0.555. The van der Waals surface area contributed by atoms with Crippen LogP contribution in [0.5, 0.6) is 11.5 Å². The van der Waals surface area contributed by atoms with Gasteiger partial charge < -0.3 is 25.0 Å². The van der Waals surface area contributed by atoms with Gasteiger partial charge in [-0.2, -0.15) is 0 Å². The molecule has 0 aromatic heterocycles. The minimum absolute atomic E-state index is 0.0664. The predicted octanol–water partition coefficient (Wildman–Crippen LogP) is 1.39. The van der Waals surface area contributed by atoms with Gasteiger partial charge in [0.25, 0.3) is 0 Å². The Labute approximate surface area is 181 Å². The summed E-state index contributed by atoms with van der Waals surface area (Å²) in [6, 6.07) is 8.89. The third-order valence-electron chi connectivity index (χ3n) is 5.33. The lowest BCUT2D eigenvalue weighted by molar-refractivity contribution is -0.117. The first-order valence-electron chi connectivity index (χ1n) is 10.0. The lowest BCUT2D eigenvalue weighted by atomic mass is 10.1. The van der Waals surface area contributed by atoms with Crippen LogP contribution >= 0.6 is 0 Å². The zero-order valence-corrected chi connectivity index (χ0v) is 17.6. The number of amides is 1. The van der Waals surface area contributed by atoms with Crippen molar-refractivity contribution in [2.45, 2.75) is 12.5 Å². The van der Waals surface area contributed by atoms with Crippen LogP contribution in [0, 0.1) is 12.0 Å². The number of fused-ring (bicyclic) bond motifs is 1. The second-order valence-electron chi connectivity index (χ2n) is 7.30. The molecule has 4 rings (SSSR count). The molecule has 0 saturated carbocycles. The second-order valence-corrected chi connectivity index (χ2v) is 7.30. The Hall–Kier alpha value is -3.86. The molecule has 8 heteroatoms. The minimum atomic E-state index is -0.151. The molecule has 0 aliphatic carbocycles. The zero-order chi connectivity index (χ0) is 21.8. The molecule has 1 fully saturated rings. The summed E-state index contributed by atoms with van der Waals surface area (Å²) in [5.41, 5.74) is 2.77. The van der Waals surface area contributed by atoms with Gasteiger partial charge in [0.1, 0.15) is 24.0 Å². The van der Waals surface area contributed by atoms with Crippen molar-refractivity contribution in [3.05, 3.63) is 59.7 Å². The van der Waals surface area contributed by atoms with Crippen LogP contribution in [-0.4, -0.2) is 61.9 Å². The first kappa shape index (κ1) is 20.4. The van der Waals surface area contributed by atoms with Crippen LogP contribution in [0.3, 0.4) is 0 Å². The number of rotatable bonds is 5. The number of carbonyl (C=O) groups excluding carboxylic acids is 1. The number of benzene rings is 1. The van der Waals surface area contributed by atoms with Crippen LogP contribution in [0.2, 0.25) is 0 Å². The highest BCUT2D eigenvalue weighted by Crippen LogP contribution is 2.28. The summed E-state index contributed by atoms with van der Waals surface area (Å²) in [6.45, 7) is 5.57. The van der Waals surface area contributed by atoms with E-state index in [4.69, 9.17) is 9.47 Å². The van der Waals surface area contributed by atoms with Gasteiger partial charge in [0, 0.05) is 43.0 Å². The number of likely N-dealkylation sites (tertiary alicyclic amines) is 1. The number of allylic oxidation sites excluding steroid dienone is 1. The molecule has 3 aliphatic heterocycles. The van der Waals surface area contributed by atoms with Gasteiger partial charge in [-0.25, -0.2) is 0 Å². The van der Waals surface area contributed by atoms with E-state index in [1.165, 1.54) is 6.08 Å². The molecule has 0 bridgehead atoms. The van der Waals surface area contributed by atoms with Crippen LogP contribution in [0.1, 0.15) is 12.0 Å². The number of ether oxygens (including phenoxy) is 2. The van der Waals surface area contributed by atoms with Crippen LogP contribution in [0.15, 0.2) is 59.1 Å². The average Bonchev–Trinajstić information content (AvgIpc) is 3.46. The molecule has 1 aromatic rings. The summed E-state index contributed by atoms with van der Waals surface area (Å²) in [6.07, 6.45) is 5.82. The maximum Gasteiger partial charge on any atom is 0.243 e. The third-order valence-corrected chi connectivity index (χ3v) is 5.33. The van der Waals surface area contributed by atoms with E-state index in [9.17, 15) is 4.79 Å². The van der Waals surface area contributed by atoms with E-state index in [0.717, 1.165) is 35.6 Å². The largest absolute Gasteiger partial charge is 0.497 e. The summed E-state index contributed by atoms with van der Waals surface area (Å²) < 4.78 is 10.7. The number of aliphatic imine (C=N–C) groups is 1. The van der Waals surface area contributed by atoms with Gasteiger partial charge in [0.05, 0.1) is 31.7 Å². The van der Waals surface area contributed by atoms with Gasteiger partial charge in [0.15, 0.2) is 0 Å². The van der Waals surface area contributed by atoms with Crippen LogP contribution in [0.25, 0.3) is 0 Å². The SMILES string of the molecule is C=CC(=O)NC1CCN(C2=C3C=NC=C3NCN2C#Cc2cc(OC)cc(OC)c2)C1. The molecule has 1 amide bonds. The molecule has 1 atom stereocenters. The monoisotopic (exact) mass is 419 g/mol. The summed E-state index contributed by atoms with van der Waals surface area (Å²) in [5, 5.41) is 6.35. The normalized spacial score (nSPS) is 19.2. The first-order chi connectivity index (χ1) is 15.1. The van der Waals surface area contributed by atoms with E-state index in [2.05, 4.69) is 39.1 Å². The predicted molar refractivity (Wildman–Crippen MR) is 118 cm³/mol. The van der Waals surface area contributed by atoms with Crippen molar-refractivity contribution in [1.29, 1.82) is 0 Å². The summed E-state index contributed by atoms with van der Waals surface area (Å²) in [4.78, 5) is 20.2. The van der Waals surface area contributed by atoms with Crippen LogP contribution < -0.4 is 20.1 Å². The maximum atomic E-state index is 11.7. The molecule has 1 aromatic carbocycles. The molecule has 2 N–H and O–H groups in total. The lowest BCUT2D eigenvalue weighted by Crippen LogP contribution is -2.44. The molecular formula is C23H25N5O3. The summed E-state index contributed by atoms with van der Waals surface area (Å²) in [7, 11) is 3.23. The van der Waals surface area contributed by atoms with E-state index >= 15 is 0 Å². The van der Waals surface area contributed by atoms with Gasteiger partial charge in [-0.3, -0.25) is 14.7 Å². The number of hydrogen-bond donors (Lipinski definition) is 2. The zero-order valence-electron chi connectivity index (χ0n) is 17.6. The van der Waals surface area contributed by atoms with Gasteiger partial charge in [0.2, 0.25) is 5.91 Å². The molecular weight excluding hydrogens is 394 g/mol. The van der Waals surface area contributed by atoms with Crippen molar-refractivity contribution in [2.75, 3.05) is 34.0 Å². The maximum absolute atomic E-state index is 11.7. The highest BCUT2D eigenvalue weighted by Gasteiger charge is 2.32. The van der Waals surface area contributed by atoms with E-state index in [0.29, 0.717) is 24.7 Å². The number of methoxy groups -OCH3 is 2. The van der Waals surface area contributed by atoms with E-state index < -0.39 is 0 Å². The number of hydrogen-bond acceptors (Lipinski definition) is 7. The minimum Gasteiger partial charge on any atom is -0.497 e. The number of nitrogens with zero attached hydrogens (tertiary/aromatic N) is 3. The van der Waals surface area contributed by atoms with Gasteiger partial charge in [-0.15, -0.1) is 0 Å². The van der Waals surface area contributed by atoms with Crippen molar-refractivity contribution < 1.29 is 14.3 Å². The second kappa shape index (κ2) is 8.88. The van der Waals surface area contributed by atoms with Crippen molar-refractivity contribution in [3.8, 4) is 23.5 Å². The Morgan fingerprint density at radius 3 is 2.81 bits per heavy atom. The molecule has 0 spiro atoms. The molecule has 160 valence electrons. The molecule has 3 heterocycles. The smallest absolute Gasteiger partial charge is 0.243 e. The number of nitrogens with one attached hydrogen (secondary N) is 2. The van der Waals surface area contributed by atoms with Crippen LogP contribution in [-0.2, 0) is 4.79 Å². The molecule has 3 aliphatic rings. The lowest BCUT2D eigenvalue weighted by Gasteiger charge is -2.35. The van der Waals surface area contributed by atoms with E-state index in [1.54, 1.807) is 14.2 Å². The Morgan fingerprint density at radius 1 is 1.32 bits per heavy atom. The van der Waals surface area contributed by atoms with Gasteiger partial charge in [-0.05, 0) is 30.6 Å². The Balaban J connectivity index is 1.61. The fourth-order valence-electron chi connectivity index (χ4n) is 3.80. The topological polar surface area (TPSA) is 78.4 Å². The van der Waals surface area contributed by atoms with Gasteiger partial charge >= 0.3 is 0 Å². The van der Waals surface area contributed by atoms with Crippen molar-refractivity contribution >= 4 is 12.1 Å². The van der Waals surface area contributed by atoms with Crippen molar-refractivity contribution in [1.82, 2.24) is 20.4 Å². The van der Waals surface area contributed by atoms with Gasteiger partial charge in [-0.1, -0.05) is 6.58 Å². The highest BCUT2D eigenvalue weighted by atomic mass is 16.5. The Bertz CT molecular complexity index is 1020. The Kier molecular flexibility index (Phi) is 5.85. The molecule has 1 saturated heterocycles.